The summed E-state index contributed by atoms with van der Waals surface area (Å²) in [4.78, 5) is 32.0. The van der Waals surface area contributed by atoms with Crippen molar-refractivity contribution in [3.05, 3.63) is 33.7 Å². The molecule has 4 rings (SSSR count). The van der Waals surface area contributed by atoms with Crippen LogP contribution in [0, 0.1) is 5.92 Å². The lowest BCUT2D eigenvalue weighted by Gasteiger charge is -2.32. The van der Waals surface area contributed by atoms with Crippen LogP contribution < -0.4 is 16.2 Å². The number of thiazole rings is 1. The number of carbonyl (C=O) groups is 1. The first kappa shape index (κ1) is 17.6. The molecule has 2 atom stereocenters. The van der Waals surface area contributed by atoms with Gasteiger partial charge in [-0.15, -0.1) is 11.3 Å². The lowest BCUT2D eigenvalue weighted by Crippen LogP contribution is -2.45. The number of amides is 1. The van der Waals surface area contributed by atoms with E-state index in [2.05, 4.69) is 20.5 Å². The summed E-state index contributed by atoms with van der Waals surface area (Å²) in [6.07, 6.45) is 6.03. The second-order valence-corrected chi connectivity index (χ2v) is 8.15. The fourth-order valence-electron chi connectivity index (χ4n) is 3.94. The normalized spacial score (nSPS) is 24.2. The number of nitrogens with one attached hydrogen (secondary N) is 2. The molecule has 4 heterocycles. The van der Waals surface area contributed by atoms with E-state index >= 15 is 0 Å². The minimum absolute atomic E-state index is 0.00982. The third-order valence-electron chi connectivity index (χ3n) is 5.29. The van der Waals surface area contributed by atoms with E-state index in [0.29, 0.717) is 12.5 Å². The highest BCUT2D eigenvalue weighted by Gasteiger charge is 2.25. The lowest BCUT2D eigenvalue weighted by atomic mass is 9.97. The predicted octanol–water partition coefficient (Wildman–Crippen LogP) is 0.836. The number of aromatic nitrogens is 2. The van der Waals surface area contributed by atoms with Crippen molar-refractivity contribution in [2.75, 3.05) is 26.2 Å². The molecule has 0 bridgehead atoms. The lowest BCUT2D eigenvalue weighted by molar-refractivity contribution is -0.123. The van der Waals surface area contributed by atoms with E-state index in [1.807, 2.05) is 5.38 Å². The van der Waals surface area contributed by atoms with Crippen LogP contribution >= 0.6 is 11.3 Å². The van der Waals surface area contributed by atoms with Crippen LogP contribution in [-0.4, -0.2) is 52.4 Å². The molecule has 0 spiro atoms. The van der Waals surface area contributed by atoms with Crippen LogP contribution in [0.5, 0.6) is 0 Å². The number of likely N-dealkylation sites (tertiary alicyclic amines) is 1. The maximum absolute atomic E-state index is 12.2. The third kappa shape index (κ3) is 3.97. The number of hydrogen-bond acceptors (Lipinski definition) is 6. The Kier molecular flexibility index (Phi) is 5.33. The van der Waals surface area contributed by atoms with Gasteiger partial charge in [-0.05, 0) is 44.7 Å². The molecule has 2 saturated heterocycles. The summed E-state index contributed by atoms with van der Waals surface area (Å²) < 4.78 is 1.58. The van der Waals surface area contributed by atoms with E-state index in [-0.39, 0.29) is 17.5 Å². The quantitative estimate of drug-likeness (QED) is 0.810. The Hall–Kier alpha value is -1.77. The van der Waals surface area contributed by atoms with E-state index < -0.39 is 0 Å². The molecule has 2 fully saturated rings. The number of fused-ring (bicyclic) bond motifs is 1. The van der Waals surface area contributed by atoms with Crippen molar-refractivity contribution in [3.63, 3.8) is 0 Å². The Labute approximate surface area is 156 Å². The average molecular weight is 375 g/mol. The number of hydrogen-bond donors (Lipinski definition) is 2. The van der Waals surface area contributed by atoms with Crippen molar-refractivity contribution in [3.8, 4) is 0 Å². The summed E-state index contributed by atoms with van der Waals surface area (Å²) >= 11 is 1.48. The number of carbonyl (C=O) groups excluding carboxylic acids is 1. The topological polar surface area (TPSA) is 78.7 Å². The van der Waals surface area contributed by atoms with Gasteiger partial charge in [0.05, 0.1) is 11.7 Å². The van der Waals surface area contributed by atoms with Gasteiger partial charge in [-0.25, -0.2) is 4.98 Å². The van der Waals surface area contributed by atoms with Gasteiger partial charge in [0.15, 0.2) is 4.96 Å². The highest BCUT2D eigenvalue weighted by atomic mass is 32.1. The van der Waals surface area contributed by atoms with Gasteiger partial charge in [0.1, 0.15) is 0 Å². The zero-order chi connectivity index (χ0) is 17.9. The van der Waals surface area contributed by atoms with Gasteiger partial charge in [0, 0.05) is 37.3 Å². The van der Waals surface area contributed by atoms with Gasteiger partial charge in [-0.2, -0.15) is 0 Å². The maximum atomic E-state index is 12.2. The Balaban J connectivity index is 1.32. The number of nitrogens with zero attached hydrogens (tertiary/aromatic N) is 3. The molecule has 140 valence electrons. The van der Waals surface area contributed by atoms with Crippen molar-refractivity contribution in [2.45, 2.75) is 38.3 Å². The monoisotopic (exact) mass is 375 g/mol. The molecule has 2 N–H and O–H groups in total. The summed E-state index contributed by atoms with van der Waals surface area (Å²) in [5.74, 6) is 0.595. The highest BCUT2D eigenvalue weighted by molar-refractivity contribution is 7.15. The molecule has 0 aromatic carbocycles. The van der Waals surface area contributed by atoms with Crippen LogP contribution in [0.2, 0.25) is 0 Å². The standard InChI is InChI=1S/C18H25N5O2S/c24-16-9-14(21-18-23(16)7-8-26-18)12-22-6-2-3-13(11-22)10-20-17(25)15-4-1-5-19-15/h7-9,13,15,19H,1-6,10-12H2,(H,20,25). The predicted molar refractivity (Wildman–Crippen MR) is 101 cm³/mol. The Morgan fingerprint density at radius 2 is 2.31 bits per heavy atom. The first-order chi connectivity index (χ1) is 12.7. The van der Waals surface area contributed by atoms with Crippen LogP contribution in [-0.2, 0) is 11.3 Å². The molecule has 2 unspecified atom stereocenters. The molecule has 2 aliphatic heterocycles. The molecule has 2 aromatic rings. The first-order valence-corrected chi connectivity index (χ1v) is 10.3. The van der Waals surface area contributed by atoms with Gasteiger partial charge in [-0.1, -0.05) is 0 Å². The fourth-order valence-corrected chi connectivity index (χ4v) is 4.67. The van der Waals surface area contributed by atoms with E-state index in [1.165, 1.54) is 11.3 Å². The van der Waals surface area contributed by atoms with Crippen LogP contribution in [0.15, 0.2) is 22.4 Å². The molecule has 7 nitrogen and oxygen atoms in total. The molecule has 0 aliphatic carbocycles. The molecular weight excluding hydrogens is 350 g/mol. The second-order valence-electron chi connectivity index (χ2n) is 7.28. The molecule has 1 amide bonds. The van der Waals surface area contributed by atoms with Crippen LogP contribution in [0.4, 0.5) is 0 Å². The maximum Gasteiger partial charge on any atom is 0.258 e. The van der Waals surface area contributed by atoms with Crippen molar-refractivity contribution < 1.29 is 4.79 Å². The van der Waals surface area contributed by atoms with E-state index in [4.69, 9.17) is 0 Å². The van der Waals surface area contributed by atoms with Crippen molar-refractivity contribution >= 4 is 22.2 Å². The smallest absolute Gasteiger partial charge is 0.258 e. The van der Waals surface area contributed by atoms with Crippen molar-refractivity contribution in [1.82, 2.24) is 24.9 Å². The Morgan fingerprint density at radius 1 is 1.38 bits per heavy atom. The molecule has 0 saturated carbocycles. The summed E-state index contributed by atoms with van der Waals surface area (Å²) in [5, 5.41) is 8.24. The van der Waals surface area contributed by atoms with Gasteiger partial charge in [-0.3, -0.25) is 18.9 Å². The minimum atomic E-state index is -0.0175. The third-order valence-corrected chi connectivity index (χ3v) is 6.04. The fraction of sp³-hybridized carbons (Fsp3) is 0.611. The van der Waals surface area contributed by atoms with Gasteiger partial charge >= 0.3 is 0 Å². The summed E-state index contributed by atoms with van der Waals surface area (Å²) in [6, 6.07) is 1.63. The van der Waals surface area contributed by atoms with Crippen molar-refractivity contribution in [1.29, 1.82) is 0 Å². The molecule has 8 heteroatoms. The van der Waals surface area contributed by atoms with Gasteiger partial charge in [0.25, 0.3) is 5.56 Å². The van der Waals surface area contributed by atoms with Crippen molar-refractivity contribution in [2.24, 2.45) is 5.92 Å². The Morgan fingerprint density at radius 3 is 3.15 bits per heavy atom. The van der Waals surface area contributed by atoms with Crippen LogP contribution in [0.25, 0.3) is 4.96 Å². The molecular formula is C18H25N5O2S. The zero-order valence-corrected chi connectivity index (χ0v) is 15.6. The van der Waals surface area contributed by atoms with Crippen LogP contribution in [0.1, 0.15) is 31.4 Å². The summed E-state index contributed by atoms with van der Waals surface area (Å²) in [7, 11) is 0. The molecule has 2 aliphatic rings. The largest absolute Gasteiger partial charge is 0.354 e. The van der Waals surface area contributed by atoms with Crippen LogP contribution in [0.3, 0.4) is 0 Å². The second kappa shape index (κ2) is 7.85. The first-order valence-electron chi connectivity index (χ1n) is 9.38. The molecule has 26 heavy (non-hydrogen) atoms. The average Bonchev–Trinajstić information content (AvgIpc) is 3.32. The van der Waals surface area contributed by atoms with E-state index in [1.54, 1.807) is 16.7 Å². The molecule has 2 aromatic heterocycles. The number of piperidine rings is 1. The van der Waals surface area contributed by atoms with Gasteiger partial charge in [0.2, 0.25) is 5.91 Å². The SMILES string of the molecule is O=C(NCC1CCCN(Cc2cc(=O)n3ccsc3n2)C1)C1CCCN1. The Bertz CT molecular complexity index is 826. The highest BCUT2D eigenvalue weighted by Crippen LogP contribution is 2.18. The molecule has 0 radical (unpaired) electrons. The van der Waals surface area contributed by atoms with E-state index in [9.17, 15) is 9.59 Å². The number of rotatable bonds is 5. The zero-order valence-electron chi connectivity index (χ0n) is 14.8. The summed E-state index contributed by atoms with van der Waals surface area (Å²) in [5.41, 5.74) is 0.813. The van der Waals surface area contributed by atoms with Gasteiger partial charge < -0.3 is 10.6 Å². The summed E-state index contributed by atoms with van der Waals surface area (Å²) in [6.45, 7) is 4.31. The minimum Gasteiger partial charge on any atom is -0.354 e. The van der Waals surface area contributed by atoms with E-state index in [0.717, 1.165) is 62.5 Å².